The van der Waals surface area contributed by atoms with Crippen molar-refractivity contribution in [2.75, 3.05) is 6.54 Å². The van der Waals surface area contributed by atoms with Crippen LogP contribution in [0.25, 0.3) is 5.69 Å². The molecule has 2 aliphatic rings. The Morgan fingerprint density at radius 3 is 2.83 bits per heavy atom. The predicted molar refractivity (Wildman–Crippen MR) is 88.3 cm³/mol. The van der Waals surface area contributed by atoms with Crippen LogP contribution in [0.3, 0.4) is 0 Å². The van der Waals surface area contributed by atoms with Crippen molar-refractivity contribution in [3.05, 3.63) is 42.0 Å². The third-order valence-corrected chi connectivity index (χ3v) is 5.69. The van der Waals surface area contributed by atoms with E-state index in [1.165, 1.54) is 24.0 Å². The number of nitrogens with zero attached hydrogens (tertiary/aromatic N) is 4. The lowest BCUT2D eigenvalue weighted by Crippen LogP contribution is -2.47. The van der Waals surface area contributed by atoms with E-state index in [0.717, 1.165) is 38.0 Å². The molecule has 23 heavy (non-hydrogen) atoms. The topological polar surface area (TPSA) is 54.2 Å². The van der Waals surface area contributed by atoms with E-state index < -0.39 is 0 Å². The van der Waals surface area contributed by atoms with Gasteiger partial charge in [0.25, 0.3) is 0 Å². The standard InChI is InChI=1S/C18H24N4O/c1-14-10-15(4-5-16(14)22-13-19-12-20-22)11-21-9-6-17(23)18(21)7-2-3-8-18/h4-5,10,12-13,17,23H,2-3,6-9,11H2,1H3. The van der Waals surface area contributed by atoms with Crippen molar-refractivity contribution in [1.82, 2.24) is 19.7 Å². The molecule has 1 saturated heterocycles. The molecule has 2 aromatic rings. The highest BCUT2D eigenvalue weighted by atomic mass is 16.3. The molecule has 0 bridgehead atoms. The number of rotatable bonds is 3. The van der Waals surface area contributed by atoms with Gasteiger partial charge >= 0.3 is 0 Å². The maximum absolute atomic E-state index is 10.5. The molecule has 1 unspecified atom stereocenters. The van der Waals surface area contributed by atoms with Gasteiger partial charge in [0.05, 0.1) is 11.8 Å². The summed E-state index contributed by atoms with van der Waals surface area (Å²) in [5.41, 5.74) is 3.63. The molecular weight excluding hydrogens is 288 g/mol. The molecule has 1 aliphatic carbocycles. The van der Waals surface area contributed by atoms with E-state index in [1.54, 1.807) is 17.3 Å². The molecule has 1 aromatic heterocycles. The summed E-state index contributed by atoms with van der Waals surface area (Å²) in [5.74, 6) is 0. The van der Waals surface area contributed by atoms with E-state index in [2.05, 4.69) is 40.1 Å². The third-order valence-electron chi connectivity index (χ3n) is 5.69. The Morgan fingerprint density at radius 2 is 2.13 bits per heavy atom. The summed E-state index contributed by atoms with van der Waals surface area (Å²) in [4.78, 5) is 6.54. The number of aromatic nitrogens is 3. The lowest BCUT2D eigenvalue weighted by Gasteiger charge is -2.37. The molecule has 2 fully saturated rings. The molecule has 1 N–H and O–H groups in total. The summed E-state index contributed by atoms with van der Waals surface area (Å²) >= 11 is 0. The molecule has 1 spiro atoms. The van der Waals surface area contributed by atoms with E-state index in [-0.39, 0.29) is 11.6 Å². The Kier molecular flexibility index (Phi) is 3.70. The lowest BCUT2D eigenvalue weighted by atomic mass is 9.91. The summed E-state index contributed by atoms with van der Waals surface area (Å²) in [6.45, 7) is 4.05. The van der Waals surface area contributed by atoms with Crippen LogP contribution in [0.4, 0.5) is 0 Å². The van der Waals surface area contributed by atoms with Crippen molar-refractivity contribution in [2.24, 2.45) is 0 Å². The van der Waals surface area contributed by atoms with Gasteiger partial charge < -0.3 is 5.11 Å². The average Bonchev–Trinajstić information content (AvgIpc) is 3.27. The van der Waals surface area contributed by atoms with Gasteiger partial charge in [-0.2, -0.15) is 5.10 Å². The van der Waals surface area contributed by atoms with Gasteiger partial charge in [-0.3, -0.25) is 4.90 Å². The van der Waals surface area contributed by atoms with Crippen molar-refractivity contribution in [2.45, 2.75) is 57.2 Å². The van der Waals surface area contributed by atoms with Crippen LogP contribution in [-0.2, 0) is 6.54 Å². The van der Waals surface area contributed by atoms with Crippen LogP contribution < -0.4 is 0 Å². The number of aliphatic hydroxyl groups is 1. The Labute approximate surface area is 137 Å². The van der Waals surface area contributed by atoms with Gasteiger partial charge in [0, 0.05) is 18.6 Å². The summed E-state index contributed by atoms with van der Waals surface area (Å²) in [6, 6.07) is 6.54. The van der Waals surface area contributed by atoms with Gasteiger partial charge in [-0.1, -0.05) is 25.0 Å². The molecule has 5 nitrogen and oxygen atoms in total. The number of benzene rings is 1. The monoisotopic (exact) mass is 312 g/mol. The molecule has 4 rings (SSSR count). The van der Waals surface area contributed by atoms with Gasteiger partial charge in [-0.15, -0.1) is 0 Å². The van der Waals surface area contributed by atoms with Crippen LogP contribution in [0.2, 0.25) is 0 Å². The normalized spacial score (nSPS) is 23.8. The minimum absolute atomic E-state index is 0.0402. The predicted octanol–water partition coefficient (Wildman–Crippen LogP) is 2.46. The molecule has 0 radical (unpaired) electrons. The lowest BCUT2D eigenvalue weighted by molar-refractivity contribution is 0.0277. The first-order valence-electron chi connectivity index (χ1n) is 8.57. The second-order valence-electron chi connectivity index (χ2n) is 7.00. The first-order chi connectivity index (χ1) is 11.2. The van der Waals surface area contributed by atoms with Crippen molar-refractivity contribution in [3.63, 3.8) is 0 Å². The fraction of sp³-hybridized carbons (Fsp3) is 0.556. The summed E-state index contributed by atoms with van der Waals surface area (Å²) in [5, 5.41) is 14.7. The molecule has 2 heterocycles. The highest BCUT2D eigenvalue weighted by Crippen LogP contribution is 2.44. The number of aryl methyl sites for hydroxylation is 1. The van der Waals surface area contributed by atoms with Crippen molar-refractivity contribution < 1.29 is 5.11 Å². The van der Waals surface area contributed by atoms with Gasteiger partial charge in [0.15, 0.2) is 0 Å². The number of hydrogen-bond donors (Lipinski definition) is 1. The summed E-state index contributed by atoms with van der Waals surface area (Å²) in [6.07, 6.45) is 8.83. The second-order valence-corrected chi connectivity index (χ2v) is 7.00. The minimum Gasteiger partial charge on any atom is -0.391 e. The van der Waals surface area contributed by atoms with Gasteiger partial charge in [-0.05, 0) is 43.4 Å². The Balaban J connectivity index is 1.56. The number of aliphatic hydroxyl groups excluding tert-OH is 1. The van der Waals surface area contributed by atoms with Crippen molar-refractivity contribution in [1.29, 1.82) is 0 Å². The smallest absolute Gasteiger partial charge is 0.138 e. The van der Waals surface area contributed by atoms with Crippen LogP contribution >= 0.6 is 0 Å². The largest absolute Gasteiger partial charge is 0.391 e. The van der Waals surface area contributed by atoms with Gasteiger partial charge in [-0.25, -0.2) is 9.67 Å². The minimum atomic E-state index is -0.152. The average molecular weight is 312 g/mol. The first kappa shape index (κ1) is 14.8. The fourth-order valence-electron chi connectivity index (χ4n) is 4.48. The fourth-order valence-corrected chi connectivity index (χ4v) is 4.48. The van der Waals surface area contributed by atoms with Gasteiger partial charge in [0.2, 0.25) is 0 Å². The molecule has 5 heteroatoms. The molecular formula is C18H24N4O. The van der Waals surface area contributed by atoms with E-state index in [1.807, 2.05) is 0 Å². The molecule has 122 valence electrons. The zero-order chi connectivity index (χ0) is 15.9. The Morgan fingerprint density at radius 1 is 1.30 bits per heavy atom. The third kappa shape index (κ3) is 2.48. The second kappa shape index (κ2) is 5.73. The van der Waals surface area contributed by atoms with Crippen LogP contribution in [0.5, 0.6) is 0 Å². The first-order valence-corrected chi connectivity index (χ1v) is 8.57. The molecule has 1 saturated carbocycles. The van der Waals surface area contributed by atoms with Crippen molar-refractivity contribution >= 4 is 0 Å². The van der Waals surface area contributed by atoms with E-state index in [0.29, 0.717) is 0 Å². The number of hydrogen-bond acceptors (Lipinski definition) is 4. The quantitative estimate of drug-likeness (QED) is 0.946. The Hall–Kier alpha value is -1.72. The van der Waals surface area contributed by atoms with E-state index >= 15 is 0 Å². The van der Waals surface area contributed by atoms with E-state index in [9.17, 15) is 5.11 Å². The van der Waals surface area contributed by atoms with Crippen molar-refractivity contribution in [3.8, 4) is 5.69 Å². The van der Waals surface area contributed by atoms with E-state index in [4.69, 9.17) is 0 Å². The van der Waals surface area contributed by atoms with Gasteiger partial charge in [0.1, 0.15) is 12.7 Å². The maximum atomic E-state index is 10.5. The Bertz CT molecular complexity index is 676. The molecule has 0 amide bonds. The number of likely N-dealkylation sites (tertiary alicyclic amines) is 1. The van der Waals surface area contributed by atoms with Crippen LogP contribution in [0, 0.1) is 6.92 Å². The molecule has 1 aliphatic heterocycles. The zero-order valence-corrected chi connectivity index (χ0v) is 13.6. The maximum Gasteiger partial charge on any atom is 0.138 e. The molecule has 1 aromatic carbocycles. The SMILES string of the molecule is Cc1cc(CN2CCC(O)C23CCCC3)ccc1-n1cncn1. The zero-order valence-electron chi connectivity index (χ0n) is 13.6. The molecule has 1 atom stereocenters. The van der Waals surface area contributed by atoms with Crippen LogP contribution in [-0.4, -0.2) is 43.0 Å². The summed E-state index contributed by atoms with van der Waals surface area (Å²) < 4.78 is 1.80. The van der Waals surface area contributed by atoms with Crippen LogP contribution in [0.1, 0.15) is 43.2 Å². The summed E-state index contributed by atoms with van der Waals surface area (Å²) in [7, 11) is 0. The highest BCUT2D eigenvalue weighted by Gasteiger charge is 2.49. The van der Waals surface area contributed by atoms with Crippen LogP contribution in [0.15, 0.2) is 30.9 Å². The highest BCUT2D eigenvalue weighted by molar-refractivity contribution is 5.41.